The Hall–Kier alpha value is -3.90. The fraction of sp³-hybridized carbons (Fsp3) is 0.233. The number of carboxylic acid groups (broad SMARTS) is 1. The molecular formula is C30H28ClNO5. The summed E-state index contributed by atoms with van der Waals surface area (Å²) < 4.78 is 19.3. The number of carboxylic acids is 1. The zero-order valence-corrected chi connectivity index (χ0v) is 22.1. The molecule has 0 spiro atoms. The number of aromatic carboxylic acids is 1. The summed E-state index contributed by atoms with van der Waals surface area (Å²) in [6, 6.07) is 18.4. The molecule has 0 amide bonds. The van der Waals surface area contributed by atoms with Crippen molar-refractivity contribution in [2.45, 2.75) is 32.7 Å². The van der Waals surface area contributed by atoms with E-state index >= 15 is 0 Å². The van der Waals surface area contributed by atoms with Crippen LogP contribution in [0.4, 0.5) is 0 Å². The average Bonchev–Trinajstić information content (AvgIpc) is 3.19. The monoisotopic (exact) mass is 517 g/mol. The number of fused-ring (bicyclic) bond motifs is 3. The predicted octanol–water partition coefficient (Wildman–Crippen LogP) is 7.58. The highest BCUT2D eigenvalue weighted by molar-refractivity contribution is 6.30. The maximum Gasteiger partial charge on any atom is 0.338 e. The van der Waals surface area contributed by atoms with Gasteiger partial charge in [0.1, 0.15) is 11.5 Å². The molecule has 1 aromatic heterocycles. The fourth-order valence-electron chi connectivity index (χ4n) is 5.45. The molecule has 0 unspecified atom stereocenters. The van der Waals surface area contributed by atoms with E-state index in [0.29, 0.717) is 45.7 Å². The molecule has 37 heavy (non-hydrogen) atoms. The van der Waals surface area contributed by atoms with E-state index in [1.807, 2.05) is 43.3 Å². The lowest BCUT2D eigenvalue weighted by Gasteiger charge is -2.37. The van der Waals surface area contributed by atoms with Crippen LogP contribution in [0.3, 0.4) is 0 Å². The molecule has 0 aliphatic carbocycles. The van der Waals surface area contributed by atoms with Gasteiger partial charge in [-0.15, -0.1) is 0 Å². The van der Waals surface area contributed by atoms with Crippen molar-refractivity contribution in [3.63, 3.8) is 0 Å². The van der Waals surface area contributed by atoms with Crippen LogP contribution in [0.5, 0.6) is 23.0 Å². The van der Waals surface area contributed by atoms with Gasteiger partial charge in [-0.1, -0.05) is 23.7 Å². The number of methoxy groups -OCH3 is 2. The summed E-state index contributed by atoms with van der Waals surface area (Å²) in [7, 11) is 3.18. The van der Waals surface area contributed by atoms with Crippen molar-refractivity contribution in [2.24, 2.45) is 0 Å². The van der Waals surface area contributed by atoms with Gasteiger partial charge in [-0.2, -0.15) is 0 Å². The van der Waals surface area contributed by atoms with Crippen molar-refractivity contribution in [3.05, 3.63) is 82.5 Å². The van der Waals surface area contributed by atoms with Crippen molar-refractivity contribution < 1.29 is 24.1 Å². The number of ether oxygens (including phenoxy) is 3. The summed E-state index contributed by atoms with van der Waals surface area (Å²) in [5, 5.41) is 11.2. The first-order chi connectivity index (χ1) is 17.6. The second-order valence-corrected chi connectivity index (χ2v) is 10.2. The Morgan fingerprint density at radius 3 is 2.30 bits per heavy atom. The highest BCUT2D eigenvalue weighted by Crippen LogP contribution is 2.49. The first-order valence-electron chi connectivity index (χ1n) is 11.9. The zero-order chi connectivity index (χ0) is 26.5. The third kappa shape index (κ3) is 4.21. The molecule has 3 aromatic carbocycles. The van der Waals surface area contributed by atoms with Crippen LogP contribution in [0.25, 0.3) is 22.4 Å². The summed E-state index contributed by atoms with van der Waals surface area (Å²) in [6.07, 6.45) is 0.712. The quantitative estimate of drug-likeness (QED) is 0.285. The van der Waals surface area contributed by atoms with Gasteiger partial charge in [-0.05, 0) is 86.8 Å². The van der Waals surface area contributed by atoms with Crippen LogP contribution in [-0.4, -0.2) is 29.9 Å². The lowest BCUT2D eigenvalue weighted by Crippen LogP contribution is -2.34. The molecule has 7 heteroatoms. The molecule has 6 nitrogen and oxygen atoms in total. The summed E-state index contributed by atoms with van der Waals surface area (Å²) in [5.74, 6) is 1.43. The van der Waals surface area contributed by atoms with E-state index in [4.69, 9.17) is 25.8 Å². The first-order valence-corrected chi connectivity index (χ1v) is 12.3. The van der Waals surface area contributed by atoms with E-state index in [2.05, 4.69) is 18.4 Å². The lowest BCUT2D eigenvalue weighted by molar-refractivity contribution is 0.0698. The molecule has 0 bridgehead atoms. The van der Waals surface area contributed by atoms with Crippen LogP contribution in [0, 0.1) is 6.92 Å². The SMILES string of the molecule is COc1cc2c(cc1OC)-c1c(C(=O)O)c(-c3cccc(Oc4ccc(Cl)cc4)c3)c(C)n1C(C)(C)C2. The zero-order valence-electron chi connectivity index (χ0n) is 21.4. The third-order valence-corrected chi connectivity index (χ3v) is 7.14. The van der Waals surface area contributed by atoms with E-state index in [1.165, 1.54) is 0 Å². The van der Waals surface area contributed by atoms with Gasteiger partial charge in [0, 0.05) is 27.4 Å². The Labute approximate surface area is 221 Å². The van der Waals surface area contributed by atoms with Gasteiger partial charge in [0.05, 0.1) is 25.5 Å². The van der Waals surface area contributed by atoms with Gasteiger partial charge in [-0.25, -0.2) is 4.79 Å². The van der Waals surface area contributed by atoms with E-state index in [9.17, 15) is 9.90 Å². The van der Waals surface area contributed by atoms with Crippen LogP contribution in [0.15, 0.2) is 60.7 Å². The normalized spacial score (nSPS) is 13.5. The number of carbonyl (C=O) groups is 1. The lowest BCUT2D eigenvalue weighted by atomic mass is 9.85. The molecule has 1 aliphatic heterocycles. The van der Waals surface area contributed by atoms with Crippen molar-refractivity contribution in [1.29, 1.82) is 0 Å². The van der Waals surface area contributed by atoms with Crippen LogP contribution in [0.2, 0.25) is 5.02 Å². The molecular weight excluding hydrogens is 490 g/mol. The van der Waals surface area contributed by atoms with Gasteiger partial charge in [0.2, 0.25) is 0 Å². The molecule has 0 radical (unpaired) electrons. The number of benzene rings is 3. The molecule has 1 N–H and O–H groups in total. The number of hydrogen-bond donors (Lipinski definition) is 1. The number of rotatable bonds is 6. The van der Waals surface area contributed by atoms with Crippen LogP contribution < -0.4 is 14.2 Å². The molecule has 2 heterocycles. The highest BCUT2D eigenvalue weighted by Gasteiger charge is 2.39. The molecule has 5 rings (SSSR count). The first kappa shape index (κ1) is 24.8. The fourth-order valence-corrected chi connectivity index (χ4v) is 5.58. The second-order valence-electron chi connectivity index (χ2n) is 9.76. The Balaban J connectivity index is 1.73. The van der Waals surface area contributed by atoms with Gasteiger partial charge in [-0.3, -0.25) is 0 Å². The molecule has 0 saturated carbocycles. The van der Waals surface area contributed by atoms with Gasteiger partial charge >= 0.3 is 5.97 Å². The highest BCUT2D eigenvalue weighted by atomic mass is 35.5. The minimum Gasteiger partial charge on any atom is -0.493 e. The number of halogens is 1. The predicted molar refractivity (Wildman–Crippen MR) is 145 cm³/mol. The molecule has 0 saturated heterocycles. The van der Waals surface area contributed by atoms with Crippen molar-refractivity contribution >= 4 is 17.6 Å². The van der Waals surface area contributed by atoms with Crippen LogP contribution in [-0.2, 0) is 12.0 Å². The molecule has 0 atom stereocenters. The van der Waals surface area contributed by atoms with Crippen LogP contribution in [0.1, 0.15) is 35.5 Å². The van der Waals surface area contributed by atoms with Crippen molar-refractivity contribution in [2.75, 3.05) is 14.2 Å². The average molecular weight is 518 g/mol. The molecule has 190 valence electrons. The van der Waals surface area contributed by atoms with E-state index in [-0.39, 0.29) is 11.1 Å². The Bertz CT molecular complexity index is 1520. The van der Waals surface area contributed by atoms with Gasteiger partial charge in [0.25, 0.3) is 0 Å². The second kappa shape index (κ2) is 9.20. The van der Waals surface area contributed by atoms with Gasteiger partial charge in [0.15, 0.2) is 11.5 Å². The summed E-state index contributed by atoms with van der Waals surface area (Å²) in [6.45, 7) is 6.22. The smallest absolute Gasteiger partial charge is 0.338 e. The minimum atomic E-state index is -0.991. The molecule has 1 aliphatic rings. The Morgan fingerprint density at radius 1 is 0.973 bits per heavy atom. The largest absolute Gasteiger partial charge is 0.493 e. The topological polar surface area (TPSA) is 69.9 Å². The molecule has 0 fully saturated rings. The van der Waals surface area contributed by atoms with E-state index < -0.39 is 5.97 Å². The standard InChI is InChI=1S/C30H28ClNO5/c1-17-26(18-7-6-8-22(13-18)37-21-11-9-20(31)10-12-21)27(29(33)34)28-23-15-25(36-5)24(35-4)14-19(23)16-30(2,3)32(17)28/h6-15H,16H2,1-5H3,(H,33,34). The third-order valence-electron chi connectivity index (χ3n) is 6.89. The maximum absolute atomic E-state index is 12.9. The van der Waals surface area contributed by atoms with Crippen LogP contribution >= 0.6 is 11.6 Å². The summed E-state index contributed by atoms with van der Waals surface area (Å²) in [5.41, 5.74) is 4.70. The van der Waals surface area contributed by atoms with Crippen molar-refractivity contribution in [1.82, 2.24) is 4.57 Å². The minimum absolute atomic E-state index is 0.252. The number of nitrogens with zero attached hydrogens (tertiary/aromatic N) is 1. The van der Waals surface area contributed by atoms with Gasteiger partial charge < -0.3 is 23.9 Å². The number of hydrogen-bond acceptors (Lipinski definition) is 4. The maximum atomic E-state index is 12.9. The Kier molecular flexibility index (Phi) is 6.16. The van der Waals surface area contributed by atoms with E-state index in [1.54, 1.807) is 38.5 Å². The van der Waals surface area contributed by atoms with Crippen molar-refractivity contribution in [3.8, 4) is 45.4 Å². The van der Waals surface area contributed by atoms with E-state index in [0.717, 1.165) is 22.4 Å². The summed E-state index contributed by atoms with van der Waals surface area (Å²) >= 11 is 6.00. The Morgan fingerprint density at radius 2 is 1.65 bits per heavy atom. The summed E-state index contributed by atoms with van der Waals surface area (Å²) in [4.78, 5) is 12.9. The number of aromatic nitrogens is 1. The molecule has 4 aromatic rings.